The lowest BCUT2D eigenvalue weighted by Crippen LogP contribution is -2.51. The minimum absolute atomic E-state index is 0.227. The third-order valence-corrected chi connectivity index (χ3v) is 5.03. The summed E-state index contributed by atoms with van der Waals surface area (Å²) >= 11 is 0. The lowest BCUT2D eigenvalue weighted by atomic mass is 10.1. The Morgan fingerprint density at radius 2 is 1.88 bits per heavy atom. The van der Waals surface area contributed by atoms with Crippen LogP contribution in [0.5, 0.6) is 5.75 Å². The van der Waals surface area contributed by atoms with Crippen molar-refractivity contribution in [3.63, 3.8) is 0 Å². The third-order valence-electron chi connectivity index (χ3n) is 5.03. The Morgan fingerprint density at radius 1 is 1.12 bits per heavy atom. The maximum atomic E-state index is 13.0. The molecule has 0 spiro atoms. The van der Waals surface area contributed by atoms with Crippen LogP contribution < -0.4 is 20.9 Å². The fourth-order valence-corrected chi connectivity index (χ4v) is 3.68. The fraction of sp³-hybridized carbons (Fsp3) is 0.294. The number of imidazole rings is 1. The zero-order valence-electron chi connectivity index (χ0n) is 14.2. The Bertz CT molecular complexity index is 1220. The summed E-state index contributed by atoms with van der Waals surface area (Å²) in [6.07, 6.45) is 0.0347. The number of amides is 1. The van der Waals surface area contributed by atoms with E-state index in [0.29, 0.717) is 35.7 Å². The van der Waals surface area contributed by atoms with E-state index in [1.165, 1.54) is 16.5 Å². The molecule has 0 fully saturated rings. The highest BCUT2D eigenvalue weighted by Crippen LogP contribution is 2.36. The number of aromatic nitrogens is 4. The number of anilines is 1. The molecule has 1 amide bonds. The molecule has 1 aromatic carbocycles. The molecule has 9 nitrogen and oxygen atoms in total. The minimum atomic E-state index is -0.484. The third kappa shape index (κ3) is 1.69. The maximum absolute atomic E-state index is 13.0. The van der Waals surface area contributed by atoms with Crippen molar-refractivity contribution in [3.8, 4) is 5.75 Å². The van der Waals surface area contributed by atoms with E-state index in [0.717, 1.165) is 4.57 Å². The van der Waals surface area contributed by atoms with Gasteiger partial charge < -0.3 is 9.30 Å². The van der Waals surface area contributed by atoms with Gasteiger partial charge in [-0.15, -0.1) is 0 Å². The normalized spacial score (nSPS) is 18.3. The van der Waals surface area contributed by atoms with Crippen LogP contribution in [0.4, 0.5) is 5.95 Å². The van der Waals surface area contributed by atoms with Crippen molar-refractivity contribution in [2.45, 2.75) is 19.2 Å². The van der Waals surface area contributed by atoms with Gasteiger partial charge in [0.25, 0.3) is 11.5 Å². The van der Waals surface area contributed by atoms with Crippen LogP contribution >= 0.6 is 0 Å². The van der Waals surface area contributed by atoms with Gasteiger partial charge in [-0.25, -0.2) is 9.69 Å². The lowest BCUT2D eigenvalue weighted by molar-refractivity contribution is 0.0811. The molecule has 26 heavy (non-hydrogen) atoms. The Morgan fingerprint density at radius 3 is 2.69 bits per heavy atom. The second-order valence-corrected chi connectivity index (χ2v) is 6.47. The molecule has 2 aliphatic heterocycles. The van der Waals surface area contributed by atoms with Gasteiger partial charge in [-0.2, -0.15) is 4.98 Å². The van der Waals surface area contributed by atoms with Crippen molar-refractivity contribution in [2.75, 3.05) is 4.90 Å². The summed E-state index contributed by atoms with van der Waals surface area (Å²) in [6, 6.07) is 7.05. The Balaban J connectivity index is 1.80. The quantitative estimate of drug-likeness (QED) is 0.576. The molecule has 9 heteroatoms. The minimum Gasteiger partial charge on any atom is -0.469 e. The zero-order valence-corrected chi connectivity index (χ0v) is 14.2. The number of aryl methyl sites for hydroxylation is 2. The summed E-state index contributed by atoms with van der Waals surface area (Å²) in [5, 5.41) is 0. The lowest BCUT2D eigenvalue weighted by Gasteiger charge is -2.38. The van der Waals surface area contributed by atoms with Crippen molar-refractivity contribution in [2.24, 2.45) is 14.1 Å². The number of hydrogen-bond donors (Lipinski definition) is 0. The van der Waals surface area contributed by atoms with Crippen molar-refractivity contribution < 1.29 is 9.53 Å². The number of carbonyl (C=O) groups is 1. The highest BCUT2D eigenvalue weighted by Gasteiger charge is 2.41. The molecule has 0 saturated heterocycles. The van der Waals surface area contributed by atoms with E-state index in [-0.39, 0.29) is 11.6 Å². The number of ether oxygens (including phenoxy) is 1. The molecule has 1 atom stereocenters. The van der Waals surface area contributed by atoms with E-state index in [4.69, 9.17) is 4.74 Å². The van der Waals surface area contributed by atoms with E-state index < -0.39 is 17.5 Å². The van der Waals surface area contributed by atoms with Crippen molar-refractivity contribution in [1.29, 1.82) is 0 Å². The molecule has 0 saturated carbocycles. The van der Waals surface area contributed by atoms with Crippen molar-refractivity contribution >= 4 is 23.0 Å². The summed E-state index contributed by atoms with van der Waals surface area (Å²) < 4.78 is 10.0. The number of fused-ring (bicyclic) bond motifs is 6. The van der Waals surface area contributed by atoms with Gasteiger partial charge in [-0.1, -0.05) is 12.1 Å². The molecule has 0 bridgehead atoms. The summed E-state index contributed by atoms with van der Waals surface area (Å²) in [5.41, 5.74) is 0.147. The summed E-state index contributed by atoms with van der Waals surface area (Å²) in [4.78, 5) is 43.8. The predicted octanol–water partition coefficient (Wildman–Crippen LogP) is 0.203. The van der Waals surface area contributed by atoms with Crippen LogP contribution in [-0.2, 0) is 20.6 Å². The van der Waals surface area contributed by atoms with Crippen LogP contribution in [-0.4, -0.2) is 30.8 Å². The van der Waals surface area contributed by atoms with Crippen LogP contribution in [0.25, 0.3) is 11.2 Å². The Hall–Kier alpha value is -3.36. The van der Waals surface area contributed by atoms with Gasteiger partial charge in [0.1, 0.15) is 5.75 Å². The summed E-state index contributed by atoms with van der Waals surface area (Å²) in [5.74, 6) is 0.649. The molecule has 0 radical (unpaired) electrons. The van der Waals surface area contributed by atoms with E-state index in [1.807, 2.05) is 6.07 Å². The zero-order chi connectivity index (χ0) is 18.2. The molecule has 4 heterocycles. The van der Waals surface area contributed by atoms with Crippen LogP contribution in [0.1, 0.15) is 16.8 Å². The van der Waals surface area contributed by atoms with Gasteiger partial charge in [0.2, 0.25) is 5.95 Å². The average molecular weight is 353 g/mol. The molecular weight excluding hydrogens is 338 g/mol. The highest BCUT2D eigenvalue weighted by molar-refractivity contribution is 6.09. The van der Waals surface area contributed by atoms with Crippen LogP contribution in [0, 0.1) is 0 Å². The predicted molar refractivity (Wildman–Crippen MR) is 92.5 cm³/mol. The number of rotatable bonds is 0. The fourth-order valence-electron chi connectivity index (χ4n) is 3.68. The first-order valence-corrected chi connectivity index (χ1v) is 8.24. The molecule has 2 aromatic heterocycles. The molecule has 5 rings (SSSR count). The molecule has 3 aromatic rings. The van der Waals surface area contributed by atoms with E-state index in [1.54, 1.807) is 29.8 Å². The molecule has 132 valence electrons. The number of hydrogen-bond acceptors (Lipinski definition) is 5. The summed E-state index contributed by atoms with van der Waals surface area (Å²) in [7, 11) is 2.99. The van der Waals surface area contributed by atoms with Gasteiger partial charge in [0, 0.05) is 27.1 Å². The van der Waals surface area contributed by atoms with Crippen LogP contribution in [0.2, 0.25) is 0 Å². The number of carbonyl (C=O) groups excluding carboxylic acids is 1. The first kappa shape index (κ1) is 14.9. The monoisotopic (exact) mass is 353 g/mol. The molecule has 0 N–H and O–H groups in total. The van der Waals surface area contributed by atoms with Gasteiger partial charge in [0.05, 0.1) is 5.56 Å². The van der Waals surface area contributed by atoms with Gasteiger partial charge in [-0.05, 0) is 12.1 Å². The highest BCUT2D eigenvalue weighted by atomic mass is 16.5. The maximum Gasteiger partial charge on any atom is 0.332 e. The van der Waals surface area contributed by atoms with E-state index >= 15 is 0 Å². The van der Waals surface area contributed by atoms with Gasteiger partial charge in [-0.3, -0.25) is 18.7 Å². The smallest absolute Gasteiger partial charge is 0.332 e. The molecule has 0 unspecified atom stereocenters. The standard InChI is InChI=1S/C17H15N5O4/c1-19-13-12(15(24)20(2)17(19)25)21-8-7-11-22(16(21)18-13)14(23)9-5-3-4-6-10(9)26-11/h3-6,11H,7-8H2,1-2H3/t11-/m0/s1. The average Bonchev–Trinajstić information content (AvgIpc) is 3.04. The molecule has 0 aliphatic carbocycles. The van der Waals surface area contributed by atoms with E-state index in [2.05, 4.69) is 4.98 Å². The molecular formula is C17H15N5O4. The second kappa shape index (κ2) is 4.84. The second-order valence-electron chi connectivity index (χ2n) is 6.47. The Labute approximate surface area is 146 Å². The summed E-state index contributed by atoms with van der Waals surface area (Å²) in [6.45, 7) is 0.468. The number of nitrogens with zero attached hydrogens (tertiary/aromatic N) is 5. The van der Waals surface area contributed by atoms with Gasteiger partial charge in [0.15, 0.2) is 17.4 Å². The SMILES string of the molecule is Cn1c(=O)c2c(nc3n2CC[C@@H]2Oc4ccccc4C(=O)N32)n(C)c1=O. The first-order chi connectivity index (χ1) is 12.5. The first-order valence-electron chi connectivity index (χ1n) is 8.24. The van der Waals surface area contributed by atoms with Crippen molar-refractivity contribution in [3.05, 3.63) is 50.7 Å². The Kier molecular flexibility index (Phi) is 2.78. The number of benzene rings is 1. The van der Waals surface area contributed by atoms with Crippen LogP contribution in [0.15, 0.2) is 33.9 Å². The largest absolute Gasteiger partial charge is 0.469 e. The van der Waals surface area contributed by atoms with Crippen molar-refractivity contribution in [1.82, 2.24) is 18.7 Å². The molecule has 2 aliphatic rings. The number of para-hydroxylation sites is 1. The van der Waals surface area contributed by atoms with Gasteiger partial charge >= 0.3 is 5.69 Å². The van der Waals surface area contributed by atoms with Crippen LogP contribution in [0.3, 0.4) is 0 Å². The topological polar surface area (TPSA) is 91.4 Å². The van der Waals surface area contributed by atoms with E-state index in [9.17, 15) is 14.4 Å².